The number of nitrogens with two attached hydrogens (primary N) is 2. The first-order valence-corrected chi connectivity index (χ1v) is 12.5. The number of rotatable bonds is 8. The molecule has 2 fully saturated rings. The van der Waals surface area contributed by atoms with Gasteiger partial charge in [0, 0.05) is 31.2 Å². The molecule has 188 valence electrons. The number of guanidine groups is 2. The Morgan fingerprint density at radius 3 is 2.21 bits per heavy atom. The highest BCUT2D eigenvalue weighted by Crippen LogP contribution is 2.27. The van der Waals surface area contributed by atoms with Crippen LogP contribution in [0, 0.1) is 5.82 Å². The number of hydrogen-bond acceptors (Lipinski definition) is 9. The van der Waals surface area contributed by atoms with Gasteiger partial charge in [-0.3, -0.25) is 20.4 Å². The first-order chi connectivity index (χ1) is 16.4. The van der Waals surface area contributed by atoms with Crippen molar-refractivity contribution in [2.45, 2.75) is 57.9 Å². The van der Waals surface area contributed by atoms with E-state index in [1.165, 1.54) is 38.9 Å². The third-order valence-corrected chi connectivity index (χ3v) is 7.34. The molecule has 3 unspecified atom stereocenters. The summed E-state index contributed by atoms with van der Waals surface area (Å²) in [6.45, 7) is 10.5. The normalized spacial score (nSPS) is 26.0. The Morgan fingerprint density at radius 2 is 1.71 bits per heavy atom. The summed E-state index contributed by atoms with van der Waals surface area (Å²) in [5, 5.41) is 0. The molecule has 3 aliphatic rings. The van der Waals surface area contributed by atoms with E-state index >= 15 is 0 Å². The van der Waals surface area contributed by atoms with E-state index in [9.17, 15) is 4.39 Å². The van der Waals surface area contributed by atoms with Crippen LogP contribution in [0.5, 0.6) is 5.75 Å². The summed E-state index contributed by atoms with van der Waals surface area (Å²) < 4.78 is 19.4. The molecule has 34 heavy (non-hydrogen) atoms. The fourth-order valence-electron chi connectivity index (χ4n) is 5.52. The average molecular weight is 475 g/mol. The number of hydrogen-bond donors (Lipinski definition) is 2. The largest absolute Gasteiger partial charge is 0.494 e. The summed E-state index contributed by atoms with van der Waals surface area (Å²) in [6.07, 6.45) is 3.97. The molecule has 3 atom stereocenters. The summed E-state index contributed by atoms with van der Waals surface area (Å²) >= 11 is 0. The van der Waals surface area contributed by atoms with Gasteiger partial charge in [0.2, 0.25) is 11.9 Å². The summed E-state index contributed by atoms with van der Waals surface area (Å²) in [5.74, 6) is 0.457. The zero-order chi connectivity index (χ0) is 24.2. The van der Waals surface area contributed by atoms with Gasteiger partial charge < -0.3 is 15.4 Å². The summed E-state index contributed by atoms with van der Waals surface area (Å²) in [5.41, 5.74) is 13.3. The molecule has 0 aromatic heterocycles. The second kappa shape index (κ2) is 10.9. The Hall–Kier alpha value is -2.43. The lowest BCUT2D eigenvalue weighted by Crippen LogP contribution is -2.55. The molecule has 10 heteroatoms. The zero-order valence-corrected chi connectivity index (χ0v) is 20.7. The lowest BCUT2D eigenvalue weighted by Gasteiger charge is -2.38. The Balaban J connectivity index is 1.58. The van der Waals surface area contributed by atoms with Gasteiger partial charge in [-0.15, -0.1) is 0 Å². The topological polar surface area (TPSA) is 98.9 Å². The molecule has 1 aromatic carbocycles. The predicted molar refractivity (Wildman–Crippen MR) is 135 cm³/mol. The highest BCUT2D eigenvalue weighted by molar-refractivity contribution is 6.05. The number of benzene rings is 1. The predicted octanol–water partition coefficient (Wildman–Crippen LogP) is 1.84. The van der Waals surface area contributed by atoms with Crippen molar-refractivity contribution < 1.29 is 9.13 Å². The molecule has 1 aromatic rings. The van der Waals surface area contributed by atoms with Crippen LogP contribution in [0.3, 0.4) is 0 Å². The van der Waals surface area contributed by atoms with Crippen LogP contribution >= 0.6 is 0 Å². The maximum atomic E-state index is 14.3. The van der Waals surface area contributed by atoms with Gasteiger partial charge in [0.25, 0.3) is 0 Å². The van der Waals surface area contributed by atoms with Gasteiger partial charge in [0.05, 0.1) is 12.8 Å². The van der Waals surface area contributed by atoms with Crippen molar-refractivity contribution in [3.8, 4) is 5.75 Å². The van der Waals surface area contributed by atoms with Crippen molar-refractivity contribution >= 4 is 17.6 Å². The number of methoxy groups -OCH3 is 1. The number of ether oxygens (including phenoxy) is 1. The third-order valence-electron chi connectivity index (χ3n) is 7.34. The summed E-state index contributed by atoms with van der Waals surface area (Å²) in [4.78, 5) is 18.3. The highest BCUT2D eigenvalue weighted by atomic mass is 19.1. The molecule has 4 rings (SSSR count). The summed E-state index contributed by atoms with van der Waals surface area (Å²) in [6, 6.07) is 5.53. The van der Waals surface area contributed by atoms with Crippen molar-refractivity contribution in [2.75, 3.05) is 51.3 Å². The molecular weight excluding hydrogens is 435 g/mol. The molecule has 0 amide bonds. The fourth-order valence-corrected chi connectivity index (χ4v) is 5.52. The van der Waals surface area contributed by atoms with Crippen LogP contribution in [0.25, 0.3) is 0 Å². The molecule has 2 saturated heterocycles. The van der Waals surface area contributed by atoms with Crippen LogP contribution in [0.4, 0.5) is 10.1 Å². The third kappa shape index (κ3) is 5.13. The van der Waals surface area contributed by atoms with Crippen molar-refractivity contribution in [1.82, 2.24) is 14.7 Å². The lowest BCUT2D eigenvalue weighted by atomic mass is 10.1. The number of aliphatic imine (C=N–C) groups is 2. The monoisotopic (exact) mass is 474 g/mol. The Labute approximate surface area is 202 Å². The van der Waals surface area contributed by atoms with E-state index in [2.05, 4.69) is 33.5 Å². The van der Waals surface area contributed by atoms with E-state index in [-0.39, 0.29) is 11.7 Å². The molecule has 3 heterocycles. The molecular formula is C24H39FN8O. The quantitative estimate of drug-likeness (QED) is 0.593. The minimum atomic E-state index is -0.792. The molecule has 4 N–H and O–H groups in total. The molecule has 0 saturated carbocycles. The highest BCUT2D eigenvalue weighted by Gasteiger charge is 2.33. The van der Waals surface area contributed by atoms with Crippen molar-refractivity contribution in [2.24, 2.45) is 21.5 Å². The number of halogens is 1. The van der Waals surface area contributed by atoms with E-state index in [1.54, 1.807) is 17.0 Å². The number of anilines is 1. The van der Waals surface area contributed by atoms with Crippen LogP contribution in [0.2, 0.25) is 0 Å². The zero-order valence-electron chi connectivity index (χ0n) is 20.7. The molecule has 0 bridgehead atoms. The van der Waals surface area contributed by atoms with Crippen molar-refractivity contribution in [3.63, 3.8) is 0 Å². The van der Waals surface area contributed by atoms with Gasteiger partial charge in [-0.1, -0.05) is 13.8 Å². The van der Waals surface area contributed by atoms with E-state index in [0.29, 0.717) is 23.7 Å². The SMILES string of the molecule is CCN1CCCC1CN(CC1CCCN1CC)C1=NC(N)N(c2ccc(OC)c(F)c2)C(N)=N1. The van der Waals surface area contributed by atoms with E-state index < -0.39 is 12.1 Å². The Morgan fingerprint density at radius 1 is 1.09 bits per heavy atom. The van der Waals surface area contributed by atoms with Gasteiger partial charge in [0.15, 0.2) is 17.9 Å². The minimum absolute atomic E-state index is 0.161. The minimum Gasteiger partial charge on any atom is -0.494 e. The van der Waals surface area contributed by atoms with Crippen LogP contribution in [-0.2, 0) is 0 Å². The lowest BCUT2D eigenvalue weighted by molar-refractivity contribution is 0.183. The van der Waals surface area contributed by atoms with Crippen LogP contribution in [0.1, 0.15) is 39.5 Å². The van der Waals surface area contributed by atoms with Gasteiger partial charge in [0.1, 0.15) is 0 Å². The first-order valence-electron chi connectivity index (χ1n) is 12.5. The second-order valence-electron chi connectivity index (χ2n) is 9.26. The van der Waals surface area contributed by atoms with Crippen LogP contribution in [0.15, 0.2) is 28.2 Å². The molecule has 0 aliphatic carbocycles. The Bertz CT molecular complexity index is 885. The smallest absolute Gasteiger partial charge is 0.227 e. The Kier molecular flexibility index (Phi) is 7.90. The van der Waals surface area contributed by atoms with Gasteiger partial charge >= 0.3 is 0 Å². The fraction of sp³-hybridized carbons (Fsp3) is 0.667. The molecule has 9 nitrogen and oxygen atoms in total. The molecule has 3 aliphatic heterocycles. The van der Waals surface area contributed by atoms with E-state index in [0.717, 1.165) is 39.3 Å². The maximum absolute atomic E-state index is 14.3. The molecule has 0 spiro atoms. The number of likely N-dealkylation sites (N-methyl/N-ethyl adjacent to an activating group) is 2. The standard InChI is InChI=1S/C24H39FN8O/c1-4-30-12-6-8-18(30)15-32(16-19-9-7-13-31(19)5-2)24-28-22(26)33(23(27)29-24)17-10-11-21(34-3)20(25)14-17/h10-11,14,18-19,22H,4-9,12-13,15-16,26H2,1-3H3,(H2,27,28,29). The van der Waals surface area contributed by atoms with Gasteiger partial charge in [-0.25, -0.2) is 9.38 Å². The van der Waals surface area contributed by atoms with E-state index in [1.807, 2.05) is 0 Å². The van der Waals surface area contributed by atoms with Crippen molar-refractivity contribution in [1.29, 1.82) is 0 Å². The number of likely N-dealkylation sites (tertiary alicyclic amines) is 2. The molecule has 0 radical (unpaired) electrons. The van der Waals surface area contributed by atoms with Crippen LogP contribution < -0.4 is 21.1 Å². The maximum Gasteiger partial charge on any atom is 0.227 e. The van der Waals surface area contributed by atoms with Gasteiger partial charge in [-0.2, -0.15) is 4.99 Å². The van der Waals surface area contributed by atoms with Crippen LogP contribution in [-0.4, -0.2) is 91.4 Å². The summed E-state index contributed by atoms with van der Waals surface area (Å²) in [7, 11) is 1.43. The van der Waals surface area contributed by atoms with E-state index in [4.69, 9.17) is 21.2 Å². The van der Waals surface area contributed by atoms with Crippen molar-refractivity contribution in [3.05, 3.63) is 24.0 Å². The first kappa shape index (κ1) is 24.7. The number of nitrogens with zero attached hydrogens (tertiary/aromatic N) is 6. The second-order valence-corrected chi connectivity index (χ2v) is 9.26. The van der Waals surface area contributed by atoms with Gasteiger partial charge in [-0.05, 0) is 64.0 Å². The average Bonchev–Trinajstić information content (AvgIpc) is 3.47.